The normalized spacial score (nSPS) is 11.1. The summed E-state index contributed by atoms with van der Waals surface area (Å²) in [6.45, 7) is 2.00. The Morgan fingerprint density at radius 2 is 1.87 bits per heavy atom. The molecule has 4 aromatic rings. The van der Waals surface area contributed by atoms with Gasteiger partial charge in [-0.1, -0.05) is 42.0 Å². The van der Waals surface area contributed by atoms with Gasteiger partial charge in [0.15, 0.2) is 5.58 Å². The zero-order valence-corrected chi connectivity index (χ0v) is 16.0. The average molecular weight is 399 g/mol. The minimum atomic E-state index is -0.484. The number of nitro groups is 1. The standard InChI is InChI=1S/C23H17N3O4/c1-15-6-8-16(9-7-15)10-13-22(27)24-19-5-3-2-4-18(19)23-25-20-14-17(26(28)29)11-12-21(20)30-23/h2-14H,1H3,(H,24,27). The summed E-state index contributed by atoms with van der Waals surface area (Å²) < 4.78 is 5.75. The Kier molecular flexibility index (Phi) is 5.09. The number of hydrogen-bond donors (Lipinski definition) is 1. The summed E-state index contributed by atoms with van der Waals surface area (Å²) in [5, 5.41) is 13.8. The molecule has 0 atom stereocenters. The number of benzene rings is 3. The molecule has 0 bridgehead atoms. The monoisotopic (exact) mass is 399 g/mol. The number of nitrogens with zero attached hydrogens (tertiary/aromatic N) is 2. The molecule has 30 heavy (non-hydrogen) atoms. The van der Waals surface area contributed by atoms with Gasteiger partial charge in [-0.25, -0.2) is 4.98 Å². The van der Waals surface area contributed by atoms with Crippen molar-refractivity contribution in [3.05, 3.63) is 94.0 Å². The molecule has 3 aromatic carbocycles. The van der Waals surface area contributed by atoms with Crippen LogP contribution in [-0.4, -0.2) is 15.8 Å². The van der Waals surface area contributed by atoms with E-state index in [0.717, 1.165) is 11.1 Å². The number of nitro benzene ring substituents is 1. The fourth-order valence-corrected chi connectivity index (χ4v) is 2.95. The van der Waals surface area contributed by atoms with E-state index in [1.165, 1.54) is 24.3 Å². The smallest absolute Gasteiger partial charge is 0.271 e. The lowest BCUT2D eigenvalue weighted by Gasteiger charge is -2.06. The van der Waals surface area contributed by atoms with Crippen LogP contribution in [0.15, 0.2) is 77.2 Å². The number of rotatable bonds is 5. The zero-order chi connectivity index (χ0) is 21.1. The molecule has 0 saturated carbocycles. The summed E-state index contributed by atoms with van der Waals surface area (Å²) in [4.78, 5) is 27.2. The number of carbonyl (C=O) groups is 1. The van der Waals surface area contributed by atoms with Gasteiger partial charge in [-0.05, 0) is 36.8 Å². The number of oxazole rings is 1. The fraction of sp³-hybridized carbons (Fsp3) is 0.0435. The van der Waals surface area contributed by atoms with Crippen LogP contribution >= 0.6 is 0 Å². The molecule has 0 aliphatic carbocycles. The van der Waals surface area contributed by atoms with Crippen molar-refractivity contribution in [3.8, 4) is 11.5 Å². The third-order valence-corrected chi connectivity index (χ3v) is 4.50. The summed E-state index contributed by atoms with van der Waals surface area (Å²) in [6, 6.07) is 19.1. The van der Waals surface area contributed by atoms with Gasteiger partial charge in [0.1, 0.15) is 5.52 Å². The van der Waals surface area contributed by atoms with Gasteiger partial charge in [-0.15, -0.1) is 0 Å². The van der Waals surface area contributed by atoms with E-state index in [0.29, 0.717) is 22.4 Å². The van der Waals surface area contributed by atoms with Gasteiger partial charge in [0, 0.05) is 18.2 Å². The molecule has 0 radical (unpaired) electrons. The van der Waals surface area contributed by atoms with E-state index in [4.69, 9.17) is 4.42 Å². The molecule has 1 heterocycles. The predicted molar refractivity (Wildman–Crippen MR) is 115 cm³/mol. The number of aromatic nitrogens is 1. The van der Waals surface area contributed by atoms with Gasteiger partial charge >= 0.3 is 0 Å². The first-order chi connectivity index (χ1) is 14.5. The SMILES string of the molecule is Cc1ccc(C=CC(=O)Nc2ccccc2-c2nc3cc([N+](=O)[O-])ccc3o2)cc1. The number of anilines is 1. The zero-order valence-electron chi connectivity index (χ0n) is 16.0. The van der Waals surface area contributed by atoms with Crippen molar-refractivity contribution in [2.75, 3.05) is 5.32 Å². The van der Waals surface area contributed by atoms with Crippen LogP contribution in [0.1, 0.15) is 11.1 Å². The molecule has 0 saturated heterocycles. The number of amides is 1. The highest BCUT2D eigenvalue weighted by Crippen LogP contribution is 2.31. The highest BCUT2D eigenvalue weighted by atomic mass is 16.6. The first-order valence-electron chi connectivity index (χ1n) is 9.20. The number of carbonyl (C=O) groups excluding carboxylic acids is 1. The van der Waals surface area contributed by atoms with E-state index in [9.17, 15) is 14.9 Å². The molecule has 0 spiro atoms. The van der Waals surface area contributed by atoms with Crippen LogP contribution in [-0.2, 0) is 4.79 Å². The van der Waals surface area contributed by atoms with Gasteiger partial charge < -0.3 is 9.73 Å². The molecule has 7 nitrogen and oxygen atoms in total. The Balaban J connectivity index is 1.59. The number of hydrogen-bond acceptors (Lipinski definition) is 5. The van der Waals surface area contributed by atoms with Gasteiger partial charge in [0.05, 0.1) is 16.2 Å². The molecule has 7 heteroatoms. The van der Waals surface area contributed by atoms with Crippen LogP contribution in [0.4, 0.5) is 11.4 Å². The lowest BCUT2D eigenvalue weighted by Crippen LogP contribution is -2.08. The second-order valence-electron chi connectivity index (χ2n) is 6.71. The van der Waals surface area contributed by atoms with E-state index in [2.05, 4.69) is 10.3 Å². The predicted octanol–water partition coefficient (Wildman–Crippen LogP) is 5.36. The van der Waals surface area contributed by atoms with E-state index < -0.39 is 4.92 Å². The highest BCUT2D eigenvalue weighted by molar-refractivity contribution is 6.04. The van der Waals surface area contributed by atoms with Crippen molar-refractivity contribution in [1.82, 2.24) is 4.98 Å². The molecule has 1 aromatic heterocycles. The van der Waals surface area contributed by atoms with Crippen LogP contribution < -0.4 is 5.32 Å². The third-order valence-electron chi connectivity index (χ3n) is 4.50. The quantitative estimate of drug-likeness (QED) is 0.277. The second kappa shape index (κ2) is 8.00. The van der Waals surface area contributed by atoms with Crippen LogP contribution in [0.3, 0.4) is 0 Å². The maximum Gasteiger partial charge on any atom is 0.271 e. The molecule has 0 fully saturated rings. The second-order valence-corrected chi connectivity index (χ2v) is 6.71. The molecular weight excluding hydrogens is 382 g/mol. The number of nitrogens with one attached hydrogen (secondary N) is 1. The Labute approximate surface area is 171 Å². The number of fused-ring (bicyclic) bond motifs is 1. The summed E-state index contributed by atoms with van der Waals surface area (Å²) in [5.41, 5.74) is 3.91. The maximum absolute atomic E-state index is 12.4. The van der Waals surface area contributed by atoms with Crippen molar-refractivity contribution in [1.29, 1.82) is 0 Å². The lowest BCUT2D eigenvalue weighted by molar-refractivity contribution is -0.384. The molecular formula is C23H17N3O4. The maximum atomic E-state index is 12.4. The van der Waals surface area contributed by atoms with Crippen LogP contribution in [0.25, 0.3) is 28.6 Å². The van der Waals surface area contributed by atoms with Crippen molar-refractivity contribution in [3.63, 3.8) is 0 Å². The first-order valence-corrected chi connectivity index (χ1v) is 9.20. The number of non-ortho nitro benzene ring substituents is 1. The lowest BCUT2D eigenvalue weighted by atomic mass is 10.1. The largest absolute Gasteiger partial charge is 0.436 e. The molecule has 0 aliphatic heterocycles. The van der Waals surface area contributed by atoms with Crippen molar-refractivity contribution >= 4 is 34.5 Å². The average Bonchev–Trinajstić information content (AvgIpc) is 3.17. The number of aryl methyl sites for hydroxylation is 1. The third kappa shape index (κ3) is 4.10. The van der Waals surface area contributed by atoms with Crippen LogP contribution in [0.2, 0.25) is 0 Å². The van der Waals surface area contributed by atoms with E-state index >= 15 is 0 Å². The van der Waals surface area contributed by atoms with Crippen LogP contribution in [0.5, 0.6) is 0 Å². The summed E-state index contributed by atoms with van der Waals surface area (Å²) in [7, 11) is 0. The topological polar surface area (TPSA) is 98.3 Å². The summed E-state index contributed by atoms with van der Waals surface area (Å²) >= 11 is 0. The van der Waals surface area contributed by atoms with Crippen molar-refractivity contribution in [2.45, 2.75) is 6.92 Å². The Hall–Kier alpha value is -4.26. The minimum absolute atomic E-state index is 0.0646. The molecule has 0 unspecified atom stereocenters. The highest BCUT2D eigenvalue weighted by Gasteiger charge is 2.15. The first kappa shape index (κ1) is 19.1. The van der Waals surface area contributed by atoms with Crippen molar-refractivity contribution < 1.29 is 14.1 Å². The Bertz CT molecular complexity index is 1270. The number of para-hydroxylation sites is 1. The Morgan fingerprint density at radius 1 is 1.10 bits per heavy atom. The van der Waals surface area contributed by atoms with E-state index in [1.54, 1.807) is 30.3 Å². The Morgan fingerprint density at radius 3 is 2.63 bits per heavy atom. The molecule has 1 amide bonds. The van der Waals surface area contributed by atoms with Gasteiger partial charge in [-0.2, -0.15) is 0 Å². The minimum Gasteiger partial charge on any atom is -0.436 e. The van der Waals surface area contributed by atoms with E-state index in [1.807, 2.05) is 31.2 Å². The molecule has 4 rings (SSSR count). The summed E-state index contributed by atoms with van der Waals surface area (Å²) in [5.74, 6) is -0.0290. The molecule has 1 N–H and O–H groups in total. The van der Waals surface area contributed by atoms with Gasteiger partial charge in [-0.3, -0.25) is 14.9 Å². The fourth-order valence-electron chi connectivity index (χ4n) is 2.95. The van der Waals surface area contributed by atoms with Crippen molar-refractivity contribution in [2.24, 2.45) is 0 Å². The van der Waals surface area contributed by atoms with Gasteiger partial charge in [0.25, 0.3) is 5.69 Å². The van der Waals surface area contributed by atoms with Crippen LogP contribution in [0, 0.1) is 17.0 Å². The molecule has 0 aliphatic rings. The van der Waals surface area contributed by atoms with E-state index in [-0.39, 0.29) is 17.5 Å². The molecule has 148 valence electrons. The summed E-state index contributed by atoms with van der Waals surface area (Å²) in [6.07, 6.45) is 3.19. The van der Waals surface area contributed by atoms with Gasteiger partial charge in [0.2, 0.25) is 11.8 Å².